The summed E-state index contributed by atoms with van der Waals surface area (Å²) in [6.45, 7) is 5.97. The summed E-state index contributed by atoms with van der Waals surface area (Å²) in [6, 6.07) is 3.53. The van der Waals surface area contributed by atoms with E-state index in [1.54, 1.807) is 20.8 Å². The van der Waals surface area contributed by atoms with E-state index in [4.69, 9.17) is 9.47 Å². The van der Waals surface area contributed by atoms with E-state index in [0.29, 0.717) is 18.8 Å². The first-order valence-electron chi connectivity index (χ1n) is 6.39. The van der Waals surface area contributed by atoms with Crippen LogP contribution in [0.15, 0.2) is 23.1 Å². The highest BCUT2D eigenvalue weighted by Gasteiger charge is 2.19. The lowest BCUT2D eigenvalue weighted by atomic mass is 10.2. The van der Waals surface area contributed by atoms with Crippen molar-refractivity contribution in [3.05, 3.63) is 29.6 Å². The van der Waals surface area contributed by atoms with Crippen molar-refractivity contribution >= 4 is 10.0 Å². The van der Waals surface area contributed by atoms with Crippen molar-refractivity contribution in [2.75, 3.05) is 19.8 Å². The third-order valence-electron chi connectivity index (χ3n) is 2.57. The van der Waals surface area contributed by atoms with Crippen LogP contribution >= 0.6 is 0 Å². The summed E-state index contributed by atoms with van der Waals surface area (Å²) in [5, 5.41) is 0. The Balaban J connectivity index is 2.78. The van der Waals surface area contributed by atoms with Crippen LogP contribution in [0.25, 0.3) is 0 Å². The monoisotopic (exact) mass is 305 g/mol. The Morgan fingerprint density at radius 2 is 1.85 bits per heavy atom. The molecule has 0 aromatic heterocycles. The molecule has 0 saturated heterocycles. The SMILES string of the molecule is CCOC(CNS(=O)(=O)c1ccc(F)cc1C)OCC. The second kappa shape index (κ2) is 7.68. The zero-order valence-corrected chi connectivity index (χ0v) is 12.7. The summed E-state index contributed by atoms with van der Waals surface area (Å²) in [5.41, 5.74) is 0.349. The maximum atomic E-state index is 13.0. The van der Waals surface area contributed by atoms with Crippen LogP contribution in [0.4, 0.5) is 4.39 Å². The van der Waals surface area contributed by atoms with E-state index in [2.05, 4.69) is 4.72 Å². The Kier molecular flexibility index (Phi) is 6.54. The predicted molar refractivity (Wildman–Crippen MR) is 73.4 cm³/mol. The van der Waals surface area contributed by atoms with Crippen molar-refractivity contribution in [3.63, 3.8) is 0 Å². The Morgan fingerprint density at radius 1 is 1.25 bits per heavy atom. The molecule has 1 aromatic rings. The van der Waals surface area contributed by atoms with Crippen LogP contribution in [-0.2, 0) is 19.5 Å². The van der Waals surface area contributed by atoms with Gasteiger partial charge >= 0.3 is 0 Å². The van der Waals surface area contributed by atoms with Gasteiger partial charge in [-0.25, -0.2) is 17.5 Å². The van der Waals surface area contributed by atoms with Gasteiger partial charge in [-0.1, -0.05) is 0 Å². The number of ether oxygens (including phenoxy) is 2. The number of aryl methyl sites for hydroxylation is 1. The Hall–Kier alpha value is -1.02. The van der Waals surface area contributed by atoms with Crippen LogP contribution in [0, 0.1) is 12.7 Å². The Labute approximate surface area is 119 Å². The van der Waals surface area contributed by atoms with Crippen molar-refractivity contribution in [1.29, 1.82) is 0 Å². The quantitative estimate of drug-likeness (QED) is 0.744. The number of sulfonamides is 1. The van der Waals surface area contributed by atoms with E-state index in [9.17, 15) is 12.8 Å². The van der Waals surface area contributed by atoms with E-state index in [1.807, 2.05) is 0 Å². The number of benzene rings is 1. The zero-order chi connectivity index (χ0) is 15.2. The fourth-order valence-electron chi connectivity index (χ4n) is 1.71. The molecule has 0 aliphatic carbocycles. The van der Waals surface area contributed by atoms with Crippen LogP contribution in [0.1, 0.15) is 19.4 Å². The van der Waals surface area contributed by atoms with Gasteiger partial charge in [0, 0.05) is 13.2 Å². The van der Waals surface area contributed by atoms with Crippen LogP contribution in [0.2, 0.25) is 0 Å². The first-order chi connectivity index (χ1) is 9.40. The van der Waals surface area contributed by atoms with Crippen LogP contribution in [0.5, 0.6) is 0 Å². The van der Waals surface area contributed by atoms with Gasteiger partial charge in [-0.05, 0) is 44.5 Å². The lowest BCUT2D eigenvalue weighted by Gasteiger charge is -2.18. The first kappa shape index (κ1) is 17.0. The van der Waals surface area contributed by atoms with Gasteiger partial charge < -0.3 is 9.47 Å². The third-order valence-corrected chi connectivity index (χ3v) is 4.16. The summed E-state index contributed by atoms with van der Waals surface area (Å²) in [7, 11) is -3.72. The van der Waals surface area contributed by atoms with Crippen LogP contribution < -0.4 is 4.72 Å². The maximum absolute atomic E-state index is 13.0. The van der Waals surface area contributed by atoms with Gasteiger partial charge in [0.05, 0.1) is 11.4 Å². The standard InChI is InChI=1S/C13H20FNO4S/c1-4-18-13(19-5-2)9-15-20(16,17)12-7-6-11(14)8-10(12)3/h6-8,13,15H,4-5,9H2,1-3H3. The fourth-order valence-corrected chi connectivity index (χ4v) is 2.95. The molecule has 1 N–H and O–H groups in total. The minimum absolute atomic E-state index is 0.000823. The van der Waals surface area contributed by atoms with Crippen LogP contribution in [0.3, 0.4) is 0 Å². The van der Waals surface area contributed by atoms with Gasteiger partial charge in [-0.2, -0.15) is 0 Å². The number of hydrogen-bond donors (Lipinski definition) is 1. The molecule has 20 heavy (non-hydrogen) atoms. The van der Waals surface area contributed by atoms with E-state index >= 15 is 0 Å². The maximum Gasteiger partial charge on any atom is 0.241 e. The number of nitrogens with one attached hydrogen (secondary N) is 1. The van der Waals surface area contributed by atoms with Crippen LogP contribution in [-0.4, -0.2) is 34.5 Å². The minimum Gasteiger partial charge on any atom is -0.352 e. The second-order valence-electron chi connectivity index (χ2n) is 4.10. The molecule has 114 valence electrons. The minimum atomic E-state index is -3.72. The lowest BCUT2D eigenvalue weighted by Crippen LogP contribution is -2.35. The molecule has 0 heterocycles. The van der Waals surface area contributed by atoms with Gasteiger partial charge in [-0.3, -0.25) is 0 Å². The molecule has 0 aliphatic rings. The highest BCUT2D eigenvalue weighted by Crippen LogP contribution is 2.15. The molecule has 5 nitrogen and oxygen atoms in total. The summed E-state index contributed by atoms with van der Waals surface area (Å²) in [4.78, 5) is 0.0469. The average Bonchev–Trinajstić information content (AvgIpc) is 2.36. The lowest BCUT2D eigenvalue weighted by molar-refractivity contribution is -0.130. The Bertz CT molecular complexity index is 527. The molecule has 0 radical (unpaired) electrons. The van der Waals surface area contributed by atoms with Crippen molar-refractivity contribution in [3.8, 4) is 0 Å². The smallest absolute Gasteiger partial charge is 0.241 e. The summed E-state index contributed by atoms with van der Waals surface area (Å²) >= 11 is 0. The van der Waals surface area contributed by atoms with Gasteiger partial charge in [-0.15, -0.1) is 0 Å². The molecule has 0 fully saturated rings. The molecular formula is C13H20FNO4S. The van der Waals surface area contributed by atoms with Crippen molar-refractivity contribution in [2.24, 2.45) is 0 Å². The molecule has 0 spiro atoms. The van der Waals surface area contributed by atoms with Crippen molar-refractivity contribution < 1.29 is 22.3 Å². The average molecular weight is 305 g/mol. The predicted octanol–water partition coefficient (Wildman–Crippen LogP) is 1.81. The largest absolute Gasteiger partial charge is 0.352 e. The highest BCUT2D eigenvalue weighted by molar-refractivity contribution is 7.89. The molecule has 0 amide bonds. The summed E-state index contributed by atoms with van der Waals surface area (Å²) in [5.74, 6) is -0.469. The number of rotatable bonds is 8. The number of hydrogen-bond acceptors (Lipinski definition) is 4. The third kappa shape index (κ3) is 4.82. The normalized spacial score (nSPS) is 12.1. The van der Waals surface area contributed by atoms with E-state index in [0.717, 1.165) is 6.07 Å². The molecule has 0 unspecified atom stereocenters. The molecule has 0 atom stereocenters. The molecular weight excluding hydrogens is 285 g/mol. The Morgan fingerprint density at radius 3 is 2.35 bits per heavy atom. The molecule has 1 rings (SSSR count). The highest BCUT2D eigenvalue weighted by atomic mass is 32.2. The van der Waals surface area contributed by atoms with E-state index in [1.165, 1.54) is 12.1 Å². The van der Waals surface area contributed by atoms with Gasteiger partial charge in [0.2, 0.25) is 10.0 Å². The molecule has 0 saturated carbocycles. The zero-order valence-electron chi connectivity index (χ0n) is 11.8. The molecule has 7 heteroatoms. The summed E-state index contributed by atoms with van der Waals surface area (Å²) < 4.78 is 50.2. The van der Waals surface area contributed by atoms with Gasteiger partial charge in [0.1, 0.15) is 5.82 Å². The molecule has 1 aromatic carbocycles. The number of halogens is 1. The molecule has 0 bridgehead atoms. The summed E-state index contributed by atoms with van der Waals surface area (Å²) in [6.07, 6.45) is -0.638. The van der Waals surface area contributed by atoms with E-state index < -0.39 is 22.1 Å². The fraction of sp³-hybridized carbons (Fsp3) is 0.538. The van der Waals surface area contributed by atoms with Crippen molar-refractivity contribution in [2.45, 2.75) is 32.0 Å². The van der Waals surface area contributed by atoms with Gasteiger partial charge in [0.25, 0.3) is 0 Å². The van der Waals surface area contributed by atoms with Gasteiger partial charge in [0.15, 0.2) is 6.29 Å². The topological polar surface area (TPSA) is 64.6 Å². The first-order valence-corrected chi connectivity index (χ1v) is 7.88. The molecule has 0 aliphatic heterocycles. The van der Waals surface area contributed by atoms with E-state index in [-0.39, 0.29) is 11.4 Å². The van der Waals surface area contributed by atoms with Crippen molar-refractivity contribution in [1.82, 2.24) is 4.72 Å². The second-order valence-corrected chi connectivity index (χ2v) is 5.84.